The molecule has 2 N–H and O–H groups in total. The second-order valence-electron chi connectivity index (χ2n) is 4.92. The highest BCUT2D eigenvalue weighted by Gasteiger charge is 2.28. The second-order valence-corrected chi connectivity index (χ2v) is 4.92. The maximum atomic E-state index is 10.3. The van der Waals surface area contributed by atoms with Gasteiger partial charge in [-0.2, -0.15) is 0 Å². The predicted octanol–water partition coefficient (Wildman–Crippen LogP) is 2.37. The summed E-state index contributed by atoms with van der Waals surface area (Å²) in [6.45, 7) is 3.42. The van der Waals surface area contributed by atoms with Gasteiger partial charge in [0.25, 0.3) is 0 Å². The maximum absolute atomic E-state index is 10.3. The number of hydrogen-bond donors (Lipinski definition) is 2. The Kier molecular flexibility index (Phi) is 3.66. The van der Waals surface area contributed by atoms with Gasteiger partial charge in [-0.15, -0.1) is 0 Å². The zero-order valence-corrected chi connectivity index (χ0v) is 9.96. The lowest BCUT2D eigenvalue weighted by molar-refractivity contribution is 0.00437. The van der Waals surface area contributed by atoms with Gasteiger partial charge in [0.05, 0.1) is 18.4 Å². The molecule has 0 aliphatic heterocycles. The zero-order chi connectivity index (χ0) is 11.4. The lowest BCUT2D eigenvalue weighted by atomic mass is 9.85. The summed E-state index contributed by atoms with van der Waals surface area (Å²) in [5.41, 5.74) is 0.682. The molecule has 1 aliphatic rings. The van der Waals surface area contributed by atoms with Crippen molar-refractivity contribution in [3.8, 4) is 0 Å². The average molecular weight is 223 g/mol. The molecular formula is C13H21NO2. The molecule has 0 amide bonds. The molecule has 0 radical (unpaired) electrons. The first-order valence-electron chi connectivity index (χ1n) is 6.16. The van der Waals surface area contributed by atoms with E-state index in [1.54, 1.807) is 6.26 Å². The van der Waals surface area contributed by atoms with Crippen molar-refractivity contribution >= 4 is 0 Å². The summed E-state index contributed by atoms with van der Waals surface area (Å²) in [5.74, 6) is 0.972. The normalized spacial score (nSPS) is 19.9. The summed E-state index contributed by atoms with van der Waals surface area (Å²) < 4.78 is 5.34. The van der Waals surface area contributed by atoms with E-state index in [0.29, 0.717) is 13.1 Å². The number of aryl methyl sites for hydroxylation is 1. The van der Waals surface area contributed by atoms with E-state index >= 15 is 0 Å². The third kappa shape index (κ3) is 2.86. The highest BCUT2D eigenvalue weighted by molar-refractivity contribution is 5.14. The number of rotatable bonds is 4. The second kappa shape index (κ2) is 5.02. The van der Waals surface area contributed by atoms with E-state index in [2.05, 4.69) is 5.32 Å². The van der Waals surface area contributed by atoms with Crippen LogP contribution in [-0.4, -0.2) is 17.3 Å². The molecule has 1 heterocycles. The standard InChI is InChI=1S/C13H21NO2/c1-11-5-8-16-12(11)9-14-10-13(15)6-3-2-4-7-13/h5,8,14-15H,2-4,6-7,9-10H2,1H3. The molecule has 90 valence electrons. The van der Waals surface area contributed by atoms with Crippen LogP contribution in [0.5, 0.6) is 0 Å². The summed E-state index contributed by atoms with van der Waals surface area (Å²) in [6, 6.07) is 1.96. The van der Waals surface area contributed by atoms with E-state index in [1.165, 1.54) is 12.0 Å². The number of hydrogen-bond acceptors (Lipinski definition) is 3. The van der Waals surface area contributed by atoms with E-state index in [4.69, 9.17) is 4.42 Å². The highest BCUT2D eigenvalue weighted by atomic mass is 16.3. The van der Waals surface area contributed by atoms with Crippen molar-refractivity contribution in [3.63, 3.8) is 0 Å². The summed E-state index contributed by atoms with van der Waals surface area (Å²) in [6.07, 6.45) is 7.13. The van der Waals surface area contributed by atoms with Crippen molar-refractivity contribution in [2.75, 3.05) is 6.54 Å². The fourth-order valence-electron chi connectivity index (χ4n) is 2.38. The van der Waals surface area contributed by atoms with Crippen molar-refractivity contribution in [1.29, 1.82) is 0 Å². The molecular weight excluding hydrogens is 202 g/mol. The largest absolute Gasteiger partial charge is 0.468 e. The molecule has 0 spiro atoms. The third-order valence-electron chi connectivity index (χ3n) is 3.49. The van der Waals surface area contributed by atoms with E-state index in [1.807, 2.05) is 13.0 Å². The Labute approximate surface area is 96.8 Å². The molecule has 0 bridgehead atoms. The van der Waals surface area contributed by atoms with Crippen molar-refractivity contribution in [3.05, 3.63) is 23.7 Å². The first-order chi connectivity index (χ1) is 7.70. The van der Waals surface area contributed by atoms with Gasteiger partial charge in [-0.05, 0) is 31.4 Å². The van der Waals surface area contributed by atoms with Crippen molar-refractivity contribution in [1.82, 2.24) is 5.32 Å². The Bertz CT molecular complexity index is 326. The van der Waals surface area contributed by atoms with Gasteiger partial charge in [-0.3, -0.25) is 0 Å². The van der Waals surface area contributed by atoms with Crippen LogP contribution in [0.25, 0.3) is 0 Å². The van der Waals surface area contributed by atoms with Gasteiger partial charge in [0.1, 0.15) is 5.76 Å². The van der Waals surface area contributed by atoms with Crippen LogP contribution in [0.1, 0.15) is 43.4 Å². The van der Waals surface area contributed by atoms with Gasteiger partial charge in [0.2, 0.25) is 0 Å². The van der Waals surface area contributed by atoms with Crippen LogP contribution in [0.4, 0.5) is 0 Å². The molecule has 16 heavy (non-hydrogen) atoms. The first kappa shape index (κ1) is 11.7. The minimum Gasteiger partial charge on any atom is -0.468 e. The van der Waals surface area contributed by atoms with Gasteiger partial charge < -0.3 is 14.8 Å². The van der Waals surface area contributed by atoms with E-state index < -0.39 is 5.60 Å². The minimum absolute atomic E-state index is 0.487. The zero-order valence-electron chi connectivity index (χ0n) is 9.96. The Hall–Kier alpha value is -0.800. The van der Waals surface area contributed by atoms with Crippen molar-refractivity contribution in [2.45, 2.75) is 51.2 Å². The molecule has 0 unspecified atom stereocenters. The minimum atomic E-state index is -0.487. The average Bonchev–Trinajstić information content (AvgIpc) is 2.65. The van der Waals surface area contributed by atoms with Crippen molar-refractivity contribution in [2.24, 2.45) is 0 Å². The van der Waals surface area contributed by atoms with Gasteiger partial charge >= 0.3 is 0 Å². The number of nitrogens with one attached hydrogen (secondary N) is 1. The Morgan fingerprint density at radius 3 is 2.75 bits per heavy atom. The lowest BCUT2D eigenvalue weighted by Gasteiger charge is -2.32. The summed E-state index contributed by atoms with van der Waals surface area (Å²) in [5, 5.41) is 13.6. The smallest absolute Gasteiger partial charge is 0.120 e. The van der Waals surface area contributed by atoms with Gasteiger partial charge in [-0.1, -0.05) is 19.3 Å². The van der Waals surface area contributed by atoms with Crippen LogP contribution in [0.3, 0.4) is 0 Å². The number of furan rings is 1. The predicted molar refractivity (Wildman–Crippen MR) is 63.2 cm³/mol. The van der Waals surface area contributed by atoms with Crippen LogP contribution in [-0.2, 0) is 6.54 Å². The molecule has 3 heteroatoms. The summed E-state index contributed by atoms with van der Waals surface area (Å²) in [7, 11) is 0. The van der Waals surface area contributed by atoms with E-state index in [9.17, 15) is 5.11 Å². The van der Waals surface area contributed by atoms with Gasteiger partial charge in [0.15, 0.2) is 0 Å². The molecule has 0 atom stereocenters. The topological polar surface area (TPSA) is 45.4 Å². The lowest BCUT2D eigenvalue weighted by Crippen LogP contribution is -2.41. The van der Waals surface area contributed by atoms with Gasteiger partial charge in [-0.25, -0.2) is 0 Å². The molecule has 0 aromatic carbocycles. The molecule has 1 aromatic heterocycles. The van der Waals surface area contributed by atoms with E-state index in [0.717, 1.165) is 31.4 Å². The molecule has 1 saturated carbocycles. The first-order valence-corrected chi connectivity index (χ1v) is 6.16. The molecule has 2 rings (SSSR count). The SMILES string of the molecule is Cc1ccoc1CNCC1(O)CCCCC1. The number of aliphatic hydroxyl groups is 1. The van der Waals surface area contributed by atoms with Crippen LogP contribution in [0.2, 0.25) is 0 Å². The Morgan fingerprint density at radius 1 is 1.38 bits per heavy atom. The van der Waals surface area contributed by atoms with Crippen LogP contribution in [0.15, 0.2) is 16.7 Å². The van der Waals surface area contributed by atoms with Crippen molar-refractivity contribution < 1.29 is 9.52 Å². The monoisotopic (exact) mass is 223 g/mol. The fourth-order valence-corrected chi connectivity index (χ4v) is 2.38. The van der Waals surface area contributed by atoms with Crippen LogP contribution < -0.4 is 5.32 Å². The molecule has 1 fully saturated rings. The third-order valence-corrected chi connectivity index (χ3v) is 3.49. The Balaban J connectivity index is 1.77. The van der Waals surface area contributed by atoms with Crippen LogP contribution in [0, 0.1) is 6.92 Å². The quantitative estimate of drug-likeness (QED) is 0.823. The summed E-state index contributed by atoms with van der Waals surface area (Å²) in [4.78, 5) is 0. The maximum Gasteiger partial charge on any atom is 0.120 e. The molecule has 0 saturated heterocycles. The molecule has 1 aliphatic carbocycles. The molecule has 3 nitrogen and oxygen atoms in total. The Morgan fingerprint density at radius 2 is 2.12 bits per heavy atom. The molecule has 1 aromatic rings. The summed E-state index contributed by atoms with van der Waals surface area (Å²) >= 11 is 0. The highest BCUT2D eigenvalue weighted by Crippen LogP contribution is 2.27. The fraction of sp³-hybridized carbons (Fsp3) is 0.692. The van der Waals surface area contributed by atoms with Crippen LogP contribution >= 0.6 is 0 Å². The van der Waals surface area contributed by atoms with Gasteiger partial charge in [0, 0.05) is 6.54 Å². The van der Waals surface area contributed by atoms with E-state index in [-0.39, 0.29) is 0 Å².